The van der Waals surface area contributed by atoms with Crippen molar-refractivity contribution in [2.24, 2.45) is 0 Å². The second-order valence-corrected chi connectivity index (χ2v) is 8.31. The third kappa shape index (κ3) is 4.82. The monoisotopic (exact) mass is 446 g/mol. The van der Waals surface area contributed by atoms with Gasteiger partial charge in [0.1, 0.15) is 6.10 Å². The molecular formula is C26H26N2O5. The van der Waals surface area contributed by atoms with Crippen LogP contribution in [-0.4, -0.2) is 24.1 Å². The van der Waals surface area contributed by atoms with Crippen LogP contribution in [0, 0.1) is 17.0 Å². The van der Waals surface area contributed by atoms with Crippen LogP contribution in [-0.2, 0) is 28.8 Å². The maximum absolute atomic E-state index is 12.1. The predicted octanol–water partition coefficient (Wildman–Crippen LogP) is 4.80. The van der Waals surface area contributed by atoms with E-state index in [1.807, 2.05) is 37.3 Å². The topological polar surface area (TPSA) is 105 Å². The first kappa shape index (κ1) is 22.3. The summed E-state index contributed by atoms with van der Waals surface area (Å²) in [6, 6.07) is 17.0. The average Bonchev–Trinajstić information content (AvgIpc) is 3.22. The zero-order chi connectivity index (χ0) is 23.5. The Bertz CT molecular complexity index is 1200. The van der Waals surface area contributed by atoms with Crippen molar-refractivity contribution >= 4 is 17.3 Å². The third-order valence-corrected chi connectivity index (χ3v) is 6.05. The van der Waals surface area contributed by atoms with E-state index in [1.54, 1.807) is 6.07 Å². The van der Waals surface area contributed by atoms with Gasteiger partial charge in [0.15, 0.2) is 0 Å². The number of benzene rings is 3. The second-order valence-electron chi connectivity index (χ2n) is 8.31. The summed E-state index contributed by atoms with van der Waals surface area (Å²) in [5.41, 5.74) is 11.8. The highest BCUT2D eigenvalue weighted by molar-refractivity contribution is 5.78. The van der Waals surface area contributed by atoms with Crippen molar-refractivity contribution in [3.8, 4) is 16.9 Å². The second kappa shape index (κ2) is 9.32. The minimum Gasteiger partial charge on any atom is -0.482 e. The molecule has 1 aliphatic carbocycles. The van der Waals surface area contributed by atoms with Crippen LogP contribution in [0.2, 0.25) is 0 Å². The lowest BCUT2D eigenvalue weighted by Crippen LogP contribution is -2.18. The van der Waals surface area contributed by atoms with Crippen molar-refractivity contribution < 1.29 is 19.2 Å². The van der Waals surface area contributed by atoms with Crippen LogP contribution in [0.4, 0.5) is 11.4 Å². The van der Waals surface area contributed by atoms with E-state index in [0.717, 1.165) is 11.1 Å². The third-order valence-electron chi connectivity index (χ3n) is 6.05. The van der Waals surface area contributed by atoms with Gasteiger partial charge in [-0.15, -0.1) is 0 Å². The molecule has 3 aromatic carbocycles. The Hall–Kier alpha value is -3.87. The Morgan fingerprint density at radius 2 is 1.82 bits per heavy atom. The largest absolute Gasteiger partial charge is 0.482 e. The maximum atomic E-state index is 12.1. The van der Waals surface area contributed by atoms with Gasteiger partial charge in [-0.2, -0.15) is 0 Å². The molecule has 0 spiro atoms. The Morgan fingerprint density at radius 1 is 1.12 bits per heavy atom. The highest BCUT2D eigenvalue weighted by Gasteiger charge is 2.29. The fourth-order valence-corrected chi connectivity index (χ4v) is 4.25. The van der Waals surface area contributed by atoms with Gasteiger partial charge in [-0.1, -0.05) is 30.3 Å². The maximum Gasteiger partial charge on any atom is 0.311 e. The van der Waals surface area contributed by atoms with Crippen LogP contribution in [0.15, 0.2) is 54.6 Å². The van der Waals surface area contributed by atoms with E-state index in [4.69, 9.17) is 15.2 Å². The highest BCUT2D eigenvalue weighted by Crippen LogP contribution is 2.42. The molecule has 7 nitrogen and oxygen atoms in total. The number of nitrogen functional groups attached to an aromatic ring is 1. The summed E-state index contributed by atoms with van der Waals surface area (Å²) in [7, 11) is 1.32. The number of carbonyl (C=O) groups excluding carboxylic acids is 1. The van der Waals surface area contributed by atoms with Crippen LogP contribution < -0.4 is 10.5 Å². The number of rotatable bonds is 7. The van der Waals surface area contributed by atoms with Gasteiger partial charge in [0.2, 0.25) is 5.75 Å². The molecule has 0 unspecified atom stereocenters. The summed E-state index contributed by atoms with van der Waals surface area (Å²) < 4.78 is 11.1. The molecular weight excluding hydrogens is 420 g/mol. The quantitative estimate of drug-likeness (QED) is 0.242. The average molecular weight is 447 g/mol. The molecule has 170 valence electrons. The van der Waals surface area contributed by atoms with E-state index in [1.165, 1.54) is 24.3 Å². The molecule has 0 atom stereocenters. The van der Waals surface area contributed by atoms with Gasteiger partial charge < -0.3 is 15.2 Å². The summed E-state index contributed by atoms with van der Waals surface area (Å²) in [6.07, 6.45) is 1.64. The fraction of sp³-hybridized carbons (Fsp3) is 0.269. The molecule has 7 heteroatoms. The van der Waals surface area contributed by atoms with Gasteiger partial charge >= 0.3 is 11.7 Å². The van der Waals surface area contributed by atoms with Crippen molar-refractivity contribution in [2.75, 3.05) is 12.8 Å². The minimum atomic E-state index is -0.424. The molecule has 0 amide bonds. The van der Waals surface area contributed by atoms with Crippen LogP contribution in [0.3, 0.4) is 0 Å². The Balaban J connectivity index is 1.77. The molecule has 0 fully saturated rings. The number of nitro groups is 1. The van der Waals surface area contributed by atoms with Crippen molar-refractivity contribution in [3.05, 3.63) is 87.0 Å². The highest BCUT2D eigenvalue weighted by atomic mass is 16.6. The van der Waals surface area contributed by atoms with Crippen molar-refractivity contribution in [1.82, 2.24) is 0 Å². The van der Waals surface area contributed by atoms with E-state index >= 15 is 0 Å². The molecule has 3 aromatic rings. The van der Waals surface area contributed by atoms with Gasteiger partial charge in [0.05, 0.1) is 12.0 Å². The number of nitro benzene ring substituents is 1. The fourth-order valence-electron chi connectivity index (χ4n) is 4.25. The number of carbonyl (C=O) groups is 1. The van der Waals surface area contributed by atoms with Gasteiger partial charge in [0.25, 0.3) is 0 Å². The lowest BCUT2D eigenvalue weighted by molar-refractivity contribution is -0.386. The zero-order valence-electron chi connectivity index (χ0n) is 18.7. The van der Waals surface area contributed by atoms with Crippen LogP contribution >= 0.6 is 0 Å². The molecule has 0 bridgehead atoms. The van der Waals surface area contributed by atoms with Crippen molar-refractivity contribution in [2.45, 2.75) is 38.7 Å². The molecule has 0 aromatic heterocycles. The SMILES string of the molecule is COC(=O)CCc1cc(-c2ccc(N)c(C)c2)c(OC2Cc3ccccc3C2)c([N+](=O)[O-])c1. The zero-order valence-corrected chi connectivity index (χ0v) is 18.7. The number of hydrogen-bond donors (Lipinski definition) is 1. The van der Waals surface area contributed by atoms with E-state index in [2.05, 4.69) is 12.1 Å². The van der Waals surface area contributed by atoms with E-state index in [-0.39, 0.29) is 29.9 Å². The van der Waals surface area contributed by atoms with E-state index in [0.29, 0.717) is 36.1 Å². The Morgan fingerprint density at radius 3 is 2.42 bits per heavy atom. The smallest absolute Gasteiger partial charge is 0.311 e. The summed E-state index contributed by atoms with van der Waals surface area (Å²) in [6.45, 7) is 1.89. The lowest BCUT2D eigenvalue weighted by atomic mass is 9.96. The number of aryl methyl sites for hydroxylation is 2. The van der Waals surface area contributed by atoms with Crippen LogP contribution in [0.5, 0.6) is 5.75 Å². The predicted molar refractivity (Wildman–Crippen MR) is 126 cm³/mol. The van der Waals surface area contributed by atoms with Crippen molar-refractivity contribution in [1.29, 1.82) is 0 Å². The van der Waals surface area contributed by atoms with E-state index in [9.17, 15) is 14.9 Å². The molecule has 0 saturated carbocycles. The van der Waals surface area contributed by atoms with Gasteiger partial charge in [0, 0.05) is 36.6 Å². The Kier molecular flexibility index (Phi) is 6.31. The normalized spacial score (nSPS) is 12.9. The number of methoxy groups -OCH3 is 1. The molecule has 2 N–H and O–H groups in total. The number of anilines is 1. The summed E-state index contributed by atoms with van der Waals surface area (Å²) >= 11 is 0. The number of esters is 1. The van der Waals surface area contributed by atoms with Crippen molar-refractivity contribution in [3.63, 3.8) is 0 Å². The molecule has 0 heterocycles. The standard InChI is InChI=1S/C26H26N2O5/c1-16-11-20(8-9-23(16)27)22-12-17(7-10-25(29)32-2)13-24(28(30)31)26(22)33-21-14-18-5-3-4-6-19(18)15-21/h3-6,8-9,11-13,21H,7,10,14-15,27H2,1-2H3. The first-order valence-corrected chi connectivity index (χ1v) is 10.8. The number of ether oxygens (including phenoxy) is 2. The minimum absolute atomic E-state index is 0.113. The van der Waals surface area contributed by atoms with Crippen LogP contribution in [0.1, 0.15) is 28.7 Å². The summed E-state index contributed by atoms with van der Waals surface area (Å²) in [5.74, 6) is -0.129. The number of fused-ring (bicyclic) bond motifs is 1. The van der Waals surface area contributed by atoms with Gasteiger partial charge in [-0.3, -0.25) is 14.9 Å². The van der Waals surface area contributed by atoms with Gasteiger partial charge in [-0.05, 0) is 59.4 Å². The Labute approximate surface area is 192 Å². The van der Waals surface area contributed by atoms with Crippen LogP contribution in [0.25, 0.3) is 11.1 Å². The van der Waals surface area contributed by atoms with Gasteiger partial charge in [-0.25, -0.2) is 0 Å². The molecule has 33 heavy (non-hydrogen) atoms. The first-order valence-electron chi connectivity index (χ1n) is 10.8. The lowest BCUT2D eigenvalue weighted by Gasteiger charge is -2.18. The van der Waals surface area contributed by atoms with E-state index < -0.39 is 4.92 Å². The molecule has 0 aliphatic heterocycles. The molecule has 1 aliphatic rings. The number of hydrogen-bond acceptors (Lipinski definition) is 6. The first-order chi connectivity index (χ1) is 15.9. The number of nitrogens with zero attached hydrogens (tertiary/aromatic N) is 1. The summed E-state index contributed by atoms with van der Waals surface area (Å²) in [5, 5.41) is 12.1. The molecule has 0 radical (unpaired) electrons. The molecule has 0 saturated heterocycles. The summed E-state index contributed by atoms with van der Waals surface area (Å²) in [4.78, 5) is 23.3. The number of nitrogens with two attached hydrogens (primary N) is 1. The molecule has 4 rings (SSSR count).